The molecule has 1 N–H and O–H groups in total. The highest BCUT2D eigenvalue weighted by molar-refractivity contribution is 5.95. The molecule has 3 aromatic rings. The molecular weight excluding hydrogens is 278 g/mol. The molecule has 110 valence electrons. The molecule has 3 rings (SSSR count). The predicted octanol–water partition coefficient (Wildman–Crippen LogP) is 2.92. The van der Waals surface area contributed by atoms with Crippen LogP contribution in [0.2, 0.25) is 0 Å². The smallest absolute Gasteiger partial charge is 0.247 e. The Morgan fingerprint density at radius 2 is 2.05 bits per heavy atom. The van der Waals surface area contributed by atoms with E-state index in [1.807, 2.05) is 37.3 Å². The monoisotopic (exact) mass is 293 g/mol. The molecule has 0 spiro atoms. The second-order valence-corrected chi connectivity index (χ2v) is 4.91. The maximum Gasteiger partial charge on any atom is 0.247 e. The Labute approximate surface area is 127 Å². The number of pyridine rings is 1. The number of hydrogen-bond donors (Lipinski definition) is 1. The quantitative estimate of drug-likeness (QED) is 0.749. The number of nitrogens with one attached hydrogen (secondary N) is 1. The van der Waals surface area contributed by atoms with Crippen molar-refractivity contribution in [1.29, 1.82) is 0 Å². The fourth-order valence-electron chi connectivity index (χ4n) is 2.02. The van der Waals surface area contributed by atoms with Gasteiger partial charge < -0.3 is 5.32 Å². The lowest BCUT2D eigenvalue weighted by atomic mass is 10.1. The topological polar surface area (TPSA) is 72.7 Å². The molecule has 2 aromatic heterocycles. The molecule has 0 saturated heterocycles. The number of carbonyl (C=O) groups excluding carboxylic acids is 1. The molecule has 0 aliphatic heterocycles. The first-order valence-corrected chi connectivity index (χ1v) is 6.85. The molecule has 0 bridgehead atoms. The Balaban J connectivity index is 1.87. The summed E-state index contributed by atoms with van der Waals surface area (Å²) in [6.45, 7) is 3.50. The molecule has 0 radical (unpaired) electrons. The normalized spacial score (nSPS) is 10.5. The van der Waals surface area contributed by atoms with Crippen LogP contribution in [0.5, 0.6) is 0 Å². The largest absolute Gasteiger partial charge is 0.323 e. The van der Waals surface area contributed by atoms with Gasteiger partial charge in [-0.25, -0.2) is 9.67 Å². The number of anilines is 2. The Kier molecular flexibility index (Phi) is 3.65. The summed E-state index contributed by atoms with van der Waals surface area (Å²) in [5.74, 6) is 1.17. The van der Waals surface area contributed by atoms with E-state index in [4.69, 9.17) is 0 Å². The molecule has 0 amide bonds. The van der Waals surface area contributed by atoms with Gasteiger partial charge in [-0.1, -0.05) is 18.2 Å². The predicted molar refractivity (Wildman–Crippen MR) is 83.6 cm³/mol. The number of nitrogens with zero attached hydrogens (tertiary/aromatic N) is 4. The lowest BCUT2D eigenvalue weighted by molar-refractivity contribution is 0.101. The van der Waals surface area contributed by atoms with Gasteiger partial charge in [0.1, 0.15) is 6.33 Å². The number of aromatic nitrogens is 4. The van der Waals surface area contributed by atoms with Gasteiger partial charge in [-0.3, -0.25) is 4.79 Å². The second-order valence-electron chi connectivity index (χ2n) is 4.91. The van der Waals surface area contributed by atoms with E-state index in [0.717, 1.165) is 11.3 Å². The van der Waals surface area contributed by atoms with E-state index >= 15 is 0 Å². The molecule has 0 atom stereocenters. The minimum atomic E-state index is 0.0232. The van der Waals surface area contributed by atoms with Crippen molar-refractivity contribution in [2.45, 2.75) is 13.8 Å². The van der Waals surface area contributed by atoms with Crippen LogP contribution in [0, 0.1) is 6.92 Å². The van der Waals surface area contributed by atoms with E-state index in [1.165, 1.54) is 0 Å². The highest BCUT2D eigenvalue weighted by Gasteiger charge is 2.08. The molecule has 0 saturated carbocycles. The number of aryl methyl sites for hydroxylation is 1. The van der Waals surface area contributed by atoms with Gasteiger partial charge in [0, 0.05) is 17.4 Å². The molecule has 0 aliphatic carbocycles. The molecule has 22 heavy (non-hydrogen) atoms. The summed E-state index contributed by atoms with van der Waals surface area (Å²) in [6, 6.07) is 11.1. The summed E-state index contributed by atoms with van der Waals surface area (Å²) >= 11 is 0. The van der Waals surface area contributed by atoms with Crippen LogP contribution < -0.4 is 5.32 Å². The molecule has 1 aromatic carbocycles. The Morgan fingerprint density at radius 3 is 2.77 bits per heavy atom. The first kappa shape index (κ1) is 13.9. The van der Waals surface area contributed by atoms with Crippen LogP contribution in [0.1, 0.15) is 22.8 Å². The number of Topliss-reactive ketones (excluding diaryl/α,β-unsaturated/α-hetero) is 1. The first-order chi connectivity index (χ1) is 10.6. The fourth-order valence-corrected chi connectivity index (χ4v) is 2.02. The van der Waals surface area contributed by atoms with E-state index < -0.39 is 0 Å². The zero-order valence-corrected chi connectivity index (χ0v) is 12.3. The average Bonchev–Trinajstić information content (AvgIpc) is 2.99. The first-order valence-electron chi connectivity index (χ1n) is 6.85. The third-order valence-electron chi connectivity index (χ3n) is 3.27. The molecule has 2 heterocycles. The molecule has 0 aliphatic rings. The van der Waals surface area contributed by atoms with E-state index in [2.05, 4.69) is 20.4 Å². The van der Waals surface area contributed by atoms with Crippen molar-refractivity contribution >= 4 is 17.4 Å². The van der Waals surface area contributed by atoms with Crippen molar-refractivity contribution in [3.05, 3.63) is 60.0 Å². The molecule has 6 heteroatoms. The summed E-state index contributed by atoms with van der Waals surface area (Å²) in [7, 11) is 0. The van der Waals surface area contributed by atoms with E-state index in [0.29, 0.717) is 17.3 Å². The second kappa shape index (κ2) is 5.77. The van der Waals surface area contributed by atoms with Crippen molar-refractivity contribution in [2.75, 3.05) is 5.32 Å². The van der Waals surface area contributed by atoms with Crippen molar-refractivity contribution in [3.8, 4) is 5.82 Å². The van der Waals surface area contributed by atoms with Crippen LogP contribution >= 0.6 is 0 Å². The minimum Gasteiger partial charge on any atom is -0.323 e. The lowest BCUT2D eigenvalue weighted by Gasteiger charge is -2.07. The van der Waals surface area contributed by atoms with Gasteiger partial charge in [-0.2, -0.15) is 4.98 Å². The summed E-state index contributed by atoms with van der Waals surface area (Å²) in [4.78, 5) is 19.9. The number of rotatable bonds is 4. The van der Waals surface area contributed by atoms with E-state index in [9.17, 15) is 4.79 Å². The van der Waals surface area contributed by atoms with Crippen molar-refractivity contribution in [3.63, 3.8) is 0 Å². The molecule has 6 nitrogen and oxygen atoms in total. The average molecular weight is 293 g/mol. The van der Waals surface area contributed by atoms with Crippen LogP contribution in [0.4, 0.5) is 11.6 Å². The van der Waals surface area contributed by atoms with Crippen molar-refractivity contribution in [1.82, 2.24) is 19.7 Å². The lowest BCUT2D eigenvalue weighted by Crippen LogP contribution is -2.01. The maximum atomic E-state index is 11.5. The number of carbonyl (C=O) groups is 1. The zero-order chi connectivity index (χ0) is 15.5. The molecular formula is C16H15N5O. The molecule has 0 unspecified atom stereocenters. The van der Waals surface area contributed by atoms with E-state index in [1.54, 1.807) is 30.2 Å². The Hall–Kier alpha value is -3.02. The van der Waals surface area contributed by atoms with Crippen LogP contribution in [0.3, 0.4) is 0 Å². The standard InChI is InChI=1S/C16H15N5O/c1-11-6-7-13(12(2)22)9-14(11)19-16-18-10-21(20-16)15-5-3-4-8-17-15/h3-10H,1-2H3,(H,19,20). The highest BCUT2D eigenvalue weighted by atomic mass is 16.1. The number of hydrogen-bond acceptors (Lipinski definition) is 5. The van der Waals surface area contributed by atoms with Gasteiger partial charge in [0.05, 0.1) is 0 Å². The fraction of sp³-hybridized carbons (Fsp3) is 0.125. The summed E-state index contributed by atoms with van der Waals surface area (Å²) < 4.78 is 1.59. The minimum absolute atomic E-state index is 0.0232. The Bertz CT molecular complexity index is 810. The third-order valence-corrected chi connectivity index (χ3v) is 3.27. The SMILES string of the molecule is CC(=O)c1ccc(C)c(Nc2ncn(-c3ccccn3)n2)c1. The van der Waals surface area contributed by atoms with Crippen LogP contribution in [-0.4, -0.2) is 25.5 Å². The Morgan fingerprint density at radius 1 is 1.18 bits per heavy atom. The van der Waals surface area contributed by atoms with Crippen LogP contribution in [0.25, 0.3) is 5.82 Å². The highest BCUT2D eigenvalue weighted by Crippen LogP contribution is 2.20. The van der Waals surface area contributed by atoms with Gasteiger partial charge in [-0.05, 0) is 37.6 Å². The van der Waals surface area contributed by atoms with Gasteiger partial charge in [0.25, 0.3) is 0 Å². The zero-order valence-electron chi connectivity index (χ0n) is 12.3. The maximum absolute atomic E-state index is 11.5. The molecule has 0 fully saturated rings. The van der Waals surface area contributed by atoms with Crippen molar-refractivity contribution < 1.29 is 4.79 Å². The third kappa shape index (κ3) is 2.85. The summed E-state index contributed by atoms with van der Waals surface area (Å²) in [5.41, 5.74) is 2.47. The van der Waals surface area contributed by atoms with Gasteiger partial charge in [0.2, 0.25) is 5.95 Å². The number of ketones is 1. The van der Waals surface area contributed by atoms with Crippen LogP contribution in [-0.2, 0) is 0 Å². The summed E-state index contributed by atoms with van der Waals surface area (Å²) in [5, 5.41) is 7.47. The summed E-state index contributed by atoms with van der Waals surface area (Å²) in [6.07, 6.45) is 3.29. The van der Waals surface area contributed by atoms with Crippen LogP contribution in [0.15, 0.2) is 48.9 Å². The van der Waals surface area contributed by atoms with Gasteiger partial charge in [0.15, 0.2) is 11.6 Å². The van der Waals surface area contributed by atoms with Crippen molar-refractivity contribution in [2.24, 2.45) is 0 Å². The van der Waals surface area contributed by atoms with Gasteiger partial charge >= 0.3 is 0 Å². The van der Waals surface area contributed by atoms with E-state index in [-0.39, 0.29) is 5.78 Å². The number of benzene rings is 1. The van der Waals surface area contributed by atoms with Gasteiger partial charge in [-0.15, -0.1) is 5.10 Å².